The van der Waals surface area contributed by atoms with Crippen molar-refractivity contribution in [2.75, 3.05) is 0 Å². The number of hydrogen-bond donors (Lipinski definition) is 1. The van der Waals surface area contributed by atoms with Crippen molar-refractivity contribution in [1.82, 2.24) is 0 Å². The summed E-state index contributed by atoms with van der Waals surface area (Å²) in [6.45, 7) is 0. The predicted molar refractivity (Wildman–Crippen MR) is 79.9 cm³/mol. The lowest BCUT2D eigenvalue weighted by Crippen LogP contribution is -2.45. The second-order valence-corrected chi connectivity index (χ2v) is 5.88. The molecule has 0 amide bonds. The fourth-order valence-corrected chi connectivity index (χ4v) is 3.48. The van der Waals surface area contributed by atoms with E-state index in [9.17, 15) is 8.78 Å². The Labute approximate surface area is 123 Å². The molecule has 1 aliphatic carbocycles. The first-order chi connectivity index (χ1) is 10.1. The van der Waals surface area contributed by atoms with Crippen LogP contribution in [0, 0.1) is 11.6 Å². The molecule has 2 aromatic rings. The highest BCUT2D eigenvalue weighted by Crippen LogP contribution is 2.45. The van der Waals surface area contributed by atoms with Crippen molar-refractivity contribution in [3.05, 3.63) is 71.3 Å². The zero-order valence-electron chi connectivity index (χ0n) is 11.9. The highest BCUT2D eigenvalue weighted by Gasteiger charge is 2.39. The summed E-state index contributed by atoms with van der Waals surface area (Å²) >= 11 is 0. The molecule has 0 aromatic heterocycles. The summed E-state index contributed by atoms with van der Waals surface area (Å²) in [5, 5.41) is 0. The molecule has 110 valence electrons. The Kier molecular flexibility index (Phi) is 3.77. The highest BCUT2D eigenvalue weighted by atomic mass is 19.2. The van der Waals surface area contributed by atoms with E-state index in [2.05, 4.69) is 12.1 Å². The number of rotatable bonds is 2. The molecule has 1 saturated carbocycles. The summed E-state index contributed by atoms with van der Waals surface area (Å²) in [5.41, 5.74) is 7.92. The van der Waals surface area contributed by atoms with Gasteiger partial charge < -0.3 is 5.73 Å². The number of benzene rings is 2. The maximum Gasteiger partial charge on any atom is 0.159 e. The van der Waals surface area contributed by atoms with E-state index in [1.807, 2.05) is 18.2 Å². The van der Waals surface area contributed by atoms with Gasteiger partial charge in [-0.3, -0.25) is 0 Å². The van der Waals surface area contributed by atoms with Gasteiger partial charge in [0.1, 0.15) is 0 Å². The summed E-state index contributed by atoms with van der Waals surface area (Å²) in [6, 6.07) is 14.2. The molecule has 2 N–H and O–H groups in total. The third-order valence-corrected chi connectivity index (χ3v) is 4.61. The minimum atomic E-state index is -0.825. The van der Waals surface area contributed by atoms with Crippen LogP contribution < -0.4 is 5.73 Å². The van der Waals surface area contributed by atoms with Gasteiger partial charge in [-0.05, 0) is 36.1 Å². The van der Waals surface area contributed by atoms with Crippen LogP contribution in [0.3, 0.4) is 0 Å². The Hall–Kier alpha value is -1.74. The van der Waals surface area contributed by atoms with Crippen LogP contribution in [0.5, 0.6) is 0 Å². The number of hydrogen-bond acceptors (Lipinski definition) is 1. The van der Waals surface area contributed by atoms with Crippen LogP contribution in [0.25, 0.3) is 0 Å². The molecule has 0 aliphatic heterocycles. The first kappa shape index (κ1) is 14.2. The standard InChI is InChI=1S/C18H19F2N/c19-16-10-9-14(12-17(16)20)18(21)11-5-4-8-15(18)13-6-2-1-3-7-13/h1-3,6-7,9-10,12,15H,4-5,8,11,21H2. The summed E-state index contributed by atoms with van der Waals surface area (Å²) in [6.07, 6.45) is 3.89. The van der Waals surface area contributed by atoms with E-state index in [1.165, 1.54) is 17.7 Å². The van der Waals surface area contributed by atoms with Crippen LogP contribution in [0.2, 0.25) is 0 Å². The van der Waals surface area contributed by atoms with Gasteiger partial charge in [-0.2, -0.15) is 0 Å². The Morgan fingerprint density at radius 1 is 0.952 bits per heavy atom. The molecule has 1 nitrogen and oxygen atoms in total. The van der Waals surface area contributed by atoms with Gasteiger partial charge in [0.2, 0.25) is 0 Å². The summed E-state index contributed by atoms with van der Waals surface area (Å²) in [4.78, 5) is 0. The Bertz CT molecular complexity index is 626. The summed E-state index contributed by atoms with van der Waals surface area (Å²) < 4.78 is 26.8. The van der Waals surface area contributed by atoms with Crippen LogP contribution in [-0.4, -0.2) is 0 Å². The first-order valence-electron chi connectivity index (χ1n) is 7.40. The lowest BCUT2D eigenvalue weighted by atomic mass is 9.67. The van der Waals surface area contributed by atoms with Crippen LogP contribution >= 0.6 is 0 Å². The third-order valence-electron chi connectivity index (χ3n) is 4.61. The van der Waals surface area contributed by atoms with Crippen molar-refractivity contribution < 1.29 is 8.78 Å². The zero-order valence-corrected chi connectivity index (χ0v) is 11.9. The molecular formula is C18H19F2N. The van der Waals surface area contributed by atoms with Crippen molar-refractivity contribution >= 4 is 0 Å². The van der Waals surface area contributed by atoms with Gasteiger partial charge in [-0.25, -0.2) is 8.78 Å². The van der Waals surface area contributed by atoms with Gasteiger partial charge in [0.15, 0.2) is 11.6 Å². The van der Waals surface area contributed by atoms with Crippen molar-refractivity contribution in [2.24, 2.45) is 5.73 Å². The second kappa shape index (κ2) is 5.57. The largest absolute Gasteiger partial charge is 0.321 e. The first-order valence-corrected chi connectivity index (χ1v) is 7.40. The van der Waals surface area contributed by atoms with E-state index >= 15 is 0 Å². The van der Waals surface area contributed by atoms with E-state index < -0.39 is 17.2 Å². The molecule has 0 saturated heterocycles. The SMILES string of the molecule is NC1(c2ccc(F)c(F)c2)CCCCC1c1ccccc1. The van der Waals surface area contributed by atoms with Gasteiger partial charge in [0.05, 0.1) is 0 Å². The van der Waals surface area contributed by atoms with Crippen LogP contribution in [0.4, 0.5) is 8.78 Å². The Balaban J connectivity index is 2.04. The smallest absolute Gasteiger partial charge is 0.159 e. The summed E-state index contributed by atoms with van der Waals surface area (Å²) in [7, 11) is 0. The molecule has 0 spiro atoms. The van der Waals surface area contributed by atoms with E-state index in [-0.39, 0.29) is 5.92 Å². The molecule has 0 radical (unpaired) electrons. The van der Waals surface area contributed by atoms with E-state index in [0.29, 0.717) is 5.56 Å². The molecule has 2 atom stereocenters. The maximum atomic E-state index is 13.6. The second-order valence-electron chi connectivity index (χ2n) is 5.88. The van der Waals surface area contributed by atoms with Crippen molar-refractivity contribution in [3.8, 4) is 0 Å². The average molecular weight is 287 g/mol. The van der Waals surface area contributed by atoms with Crippen molar-refractivity contribution in [2.45, 2.75) is 37.1 Å². The van der Waals surface area contributed by atoms with E-state index in [1.54, 1.807) is 6.07 Å². The van der Waals surface area contributed by atoms with Crippen LogP contribution in [-0.2, 0) is 5.54 Å². The normalized spacial score (nSPS) is 25.8. The molecule has 0 bridgehead atoms. The van der Waals surface area contributed by atoms with Crippen molar-refractivity contribution in [1.29, 1.82) is 0 Å². The Morgan fingerprint density at radius 2 is 1.71 bits per heavy atom. The van der Waals surface area contributed by atoms with Crippen LogP contribution in [0.1, 0.15) is 42.7 Å². The molecule has 3 heteroatoms. The molecule has 1 fully saturated rings. The molecule has 1 aliphatic rings. The quantitative estimate of drug-likeness (QED) is 0.866. The van der Waals surface area contributed by atoms with Gasteiger partial charge >= 0.3 is 0 Å². The zero-order chi connectivity index (χ0) is 14.9. The highest BCUT2D eigenvalue weighted by molar-refractivity contribution is 5.34. The minimum Gasteiger partial charge on any atom is -0.321 e. The van der Waals surface area contributed by atoms with E-state index in [4.69, 9.17) is 5.73 Å². The van der Waals surface area contributed by atoms with Crippen LogP contribution in [0.15, 0.2) is 48.5 Å². The minimum absolute atomic E-state index is 0.136. The average Bonchev–Trinajstić information content (AvgIpc) is 2.51. The fourth-order valence-electron chi connectivity index (χ4n) is 3.48. The molecule has 2 aromatic carbocycles. The third kappa shape index (κ3) is 2.58. The fraction of sp³-hybridized carbons (Fsp3) is 0.333. The molecular weight excluding hydrogens is 268 g/mol. The molecule has 21 heavy (non-hydrogen) atoms. The predicted octanol–water partition coefficient (Wildman–Crippen LogP) is 4.48. The van der Waals surface area contributed by atoms with Gasteiger partial charge in [0, 0.05) is 11.5 Å². The molecule has 3 rings (SSSR count). The topological polar surface area (TPSA) is 26.0 Å². The summed E-state index contributed by atoms with van der Waals surface area (Å²) in [5.74, 6) is -1.51. The Morgan fingerprint density at radius 3 is 2.43 bits per heavy atom. The van der Waals surface area contributed by atoms with Gasteiger partial charge in [-0.15, -0.1) is 0 Å². The lowest BCUT2D eigenvalue weighted by molar-refractivity contribution is 0.253. The monoisotopic (exact) mass is 287 g/mol. The van der Waals surface area contributed by atoms with Crippen molar-refractivity contribution in [3.63, 3.8) is 0 Å². The lowest BCUT2D eigenvalue weighted by Gasteiger charge is -2.42. The molecule has 0 heterocycles. The van der Waals surface area contributed by atoms with Gasteiger partial charge in [-0.1, -0.05) is 49.2 Å². The molecule has 2 unspecified atom stereocenters. The number of halogens is 2. The maximum absolute atomic E-state index is 13.6. The van der Waals surface area contributed by atoms with Gasteiger partial charge in [0.25, 0.3) is 0 Å². The number of nitrogens with two attached hydrogens (primary N) is 1. The van der Waals surface area contributed by atoms with E-state index in [0.717, 1.165) is 25.7 Å².